The van der Waals surface area contributed by atoms with Crippen molar-refractivity contribution >= 4 is 12.2 Å². The molecule has 1 aromatic rings. The minimum atomic E-state index is -1.75. The fraction of sp³-hybridized carbons (Fsp3) is 0.600. The first-order chi connectivity index (χ1) is 8.39. The zero-order valence-corrected chi connectivity index (χ0v) is 10.4. The zero-order valence-electron chi connectivity index (χ0n) is 9.54. The average Bonchev–Trinajstić information content (AvgIpc) is 2.55. The Bertz CT molecular complexity index is 559. The molecule has 0 aromatic carbocycles. The number of aliphatic hydroxyl groups is 2. The van der Waals surface area contributed by atoms with E-state index >= 15 is 0 Å². The second-order valence-corrected chi connectivity index (χ2v) is 4.77. The van der Waals surface area contributed by atoms with Crippen LogP contribution in [0.3, 0.4) is 0 Å². The van der Waals surface area contributed by atoms with Gasteiger partial charge in [0.25, 0.3) is 5.56 Å². The molecule has 18 heavy (non-hydrogen) atoms. The largest absolute Gasteiger partial charge is 0.393 e. The Labute approximate surface area is 107 Å². The summed E-state index contributed by atoms with van der Waals surface area (Å²) < 4.78 is 20.5. The molecule has 0 amide bonds. The summed E-state index contributed by atoms with van der Waals surface area (Å²) in [6.45, 7) is 0.876. The van der Waals surface area contributed by atoms with E-state index in [2.05, 4.69) is 4.98 Å². The van der Waals surface area contributed by atoms with Crippen molar-refractivity contribution in [2.24, 2.45) is 0 Å². The minimum absolute atomic E-state index is 0.00969. The van der Waals surface area contributed by atoms with Gasteiger partial charge in [-0.25, -0.2) is 4.39 Å². The van der Waals surface area contributed by atoms with Crippen molar-refractivity contribution in [2.45, 2.75) is 31.0 Å². The third kappa shape index (κ3) is 2.01. The molecule has 1 fully saturated rings. The maximum absolute atomic E-state index is 14.0. The van der Waals surface area contributed by atoms with Crippen molar-refractivity contribution in [3.8, 4) is 0 Å². The Kier molecular flexibility index (Phi) is 3.37. The van der Waals surface area contributed by atoms with Crippen molar-refractivity contribution in [1.82, 2.24) is 9.55 Å². The van der Waals surface area contributed by atoms with Crippen LogP contribution in [0.2, 0.25) is 0 Å². The van der Waals surface area contributed by atoms with Gasteiger partial charge in [-0.2, -0.15) is 0 Å². The predicted molar refractivity (Wildman–Crippen MR) is 62.4 cm³/mol. The van der Waals surface area contributed by atoms with Crippen molar-refractivity contribution in [3.05, 3.63) is 27.4 Å². The molecule has 0 bridgehead atoms. The van der Waals surface area contributed by atoms with Crippen molar-refractivity contribution < 1.29 is 19.3 Å². The number of nitrogens with one attached hydrogen (secondary N) is 1. The molecule has 0 saturated carbocycles. The van der Waals surface area contributed by atoms with Crippen LogP contribution in [0.5, 0.6) is 0 Å². The van der Waals surface area contributed by atoms with Crippen molar-refractivity contribution in [2.75, 3.05) is 6.61 Å². The first-order valence-corrected chi connectivity index (χ1v) is 5.72. The first kappa shape index (κ1) is 13.3. The minimum Gasteiger partial charge on any atom is -0.393 e. The number of hydrogen-bond acceptors (Lipinski definition) is 5. The van der Waals surface area contributed by atoms with Gasteiger partial charge in [-0.15, -0.1) is 0 Å². The van der Waals surface area contributed by atoms with E-state index in [4.69, 9.17) is 22.1 Å². The Morgan fingerprint density at radius 3 is 2.89 bits per heavy atom. The number of aromatic amines is 1. The molecule has 0 spiro atoms. The van der Waals surface area contributed by atoms with E-state index in [1.54, 1.807) is 0 Å². The van der Waals surface area contributed by atoms with Crippen LogP contribution in [0.1, 0.15) is 13.2 Å². The Morgan fingerprint density at radius 1 is 1.72 bits per heavy atom. The normalized spacial score (nSPS) is 35.9. The van der Waals surface area contributed by atoms with Gasteiger partial charge in [0.05, 0.1) is 6.61 Å². The molecule has 0 unspecified atom stereocenters. The summed E-state index contributed by atoms with van der Waals surface area (Å²) in [5, 5.41) is 18.9. The number of alkyl halides is 1. The summed E-state index contributed by atoms with van der Waals surface area (Å²) >= 11 is 4.90. The topological polar surface area (TPSA) is 87.5 Å². The molecule has 8 heteroatoms. The summed E-state index contributed by atoms with van der Waals surface area (Å²) in [5.41, 5.74) is -1.80. The third-order valence-electron chi connectivity index (χ3n) is 3.03. The van der Waals surface area contributed by atoms with E-state index < -0.39 is 36.3 Å². The highest BCUT2D eigenvalue weighted by molar-refractivity contribution is 7.71. The molecule has 0 aliphatic carbocycles. The van der Waals surface area contributed by atoms with Crippen LogP contribution in [0.4, 0.5) is 4.39 Å². The predicted octanol–water partition coefficient (Wildman–Crippen LogP) is -0.115. The lowest BCUT2D eigenvalue weighted by molar-refractivity contribution is -0.116. The molecule has 3 N–H and O–H groups in total. The molecular weight excluding hydrogens is 263 g/mol. The lowest BCUT2D eigenvalue weighted by atomic mass is 9.99. The molecule has 1 aliphatic rings. The Morgan fingerprint density at radius 2 is 2.39 bits per heavy atom. The van der Waals surface area contributed by atoms with Gasteiger partial charge in [-0.1, -0.05) is 0 Å². The van der Waals surface area contributed by atoms with E-state index in [1.807, 2.05) is 0 Å². The molecule has 1 aliphatic heterocycles. The monoisotopic (exact) mass is 276 g/mol. The summed E-state index contributed by atoms with van der Waals surface area (Å²) in [7, 11) is 0. The smallest absolute Gasteiger partial charge is 0.251 e. The number of aliphatic hydroxyl groups excluding tert-OH is 2. The number of ether oxygens (including phenoxy) is 1. The Balaban J connectivity index is 2.41. The lowest BCUT2D eigenvalue weighted by Crippen LogP contribution is -2.42. The SMILES string of the molecule is C[C@]1(CO)O[C@@H](n2ccc(=O)[nH]c2=S)[C@@H](F)[C@H]1O. The molecule has 2 heterocycles. The van der Waals surface area contributed by atoms with Gasteiger partial charge in [-0.05, 0) is 19.1 Å². The maximum atomic E-state index is 14.0. The second-order valence-electron chi connectivity index (χ2n) is 4.39. The van der Waals surface area contributed by atoms with Crippen molar-refractivity contribution in [1.29, 1.82) is 0 Å². The van der Waals surface area contributed by atoms with Gasteiger partial charge in [0.1, 0.15) is 11.7 Å². The molecule has 100 valence electrons. The average molecular weight is 276 g/mol. The van der Waals surface area contributed by atoms with Crippen LogP contribution < -0.4 is 5.56 Å². The number of halogens is 1. The summed E-state index contributed by atoms with van der Waals surface area (Å²) in [4.78, 5) is 13.4. The van der Waals surface area contributed by atoms with E-state index in [1.165, 1.54) is 23.8 Å². The fourth-order valence-corrected chi connectivity index (χ4v) is 2.14. The molecule has 1 saturated heterocycles. The maximum Gasteiger partial charge on any atom is 0.251 e. The van der Waals surface area contributed by atoms with E-state index in [9.17, 15) is 14.3 Å². The molecule has 0 radical (unpaired) electrons. The van der Waals surface area contributed by atoms with Gasteiger partial charge in [0.15, 0.2) is 17.2 Å². The highest BCUT2D eigenvalue weighted by Crippen LogP contribution is 2.38. The van der Waals surface area contributed by atoms with Crippen LogP contribution >= 0.6 is 12.2 Å². The van der Waals surface area contributed by atoms with Crippen LogP contribution in [0.15, 0.2) is 17.1 Å². The summed E-state index contributed by atoms with van der Waals surface area (Å²) in [6, 6.07) is 1.17. The third-order valence-corrected chi connectivity index (χ3v) is 3.34. The lowest BCUT2D eigenvalue weighted by Gasteiger charge is -2.24. The van der Waals surface area contributed by atoms with Crippen LogP contribution in [0, 0.1) is 4.77 Å². The van der Waals surface area contributed by atoms with E-state index in [-0.39, 0.29) is 4.77 Å². The molecule has 1 aromatic heterocycles. The number of hydrogen-bond donors (Lipinski definition) is 3. The molecular formula is C10H13FN2O4S. The fourth-order valence-electron chi connectivity index (χ4n) is 1.87. The standard InChI is InChI=1S/C10H13FN2O4S/c1-10(4-14)7(16)6(11)8(17-10)13-3-2-5(15)12-9(13)18/h2-3,6-8,14,16H,4H2,1H3,(H,12,15,18)/t6-,7+,8+,10+/m0/s1. The number of rotatable bonds is 2. The Hall–Kier alpha value is -1.09. The molecule has 2 rings (SSSR count). The quantitative estimate of drug-likeness (QED) is 0.656. The van der Waals surface area contributed by atoms with Crippen LogP contribution in [-0.4, -0.2) is 44.2 Å². The molecule has 4 atom stereocenters. The zero-order chi connectivity index (χ0) is 13.5. The van der Waals surface area contributed by atoms with Gasteiger partial charge >= 0.3 is 0 Å². The van der Waals surface area contributed by atoms with E-state index in [0.29, 0.717) is 0 Å². The number of H-pyrrole nitrogens is 1. The van der Waals surface area contributed by atoms with Gasteiger partial charge in [0.2, 0.25) is 0 Å². The van der Waals surface area contributed by atoms with Crippen molar-refractivity contribution in [3.63, 3.8) is 0 Å². The molecule has 6 nitrogen and oxygen atoms in total. The van der Waals surface area contributed by atoms with Crippen LogP contribution in [0.25, 0.3) is 0 Å². The summed E-state index contributed by atoms with van der Waals surface area (Å²) in [5.74, 6) is 0. The number of aromatic nitrogens is 2. The second kappa shape index (κ2) is 4.54. The number of nitrogens with zero attached hydrogens (tertiary/aromatic N) is 1. The van der Waals surface area contributed by atoms with E-state index in [0.717, 1.165) is 0 Å². The van der Waals surface area contributed by atoms with Gasteiger partial charge in [-0.3, -0.25) is 14.3 Å². The van der Waals surface area contributed by atoms with Crippen LogP contribution in [-0.2, 0) is 4.74 Å². The highest BCUT2D eigenvalue weighted by Gasteiger charge is 2.52. The first-order valence-electron chi connectivity index (χ1n) is 5.31. The van der Waals surface area contributed by atoms with Gasteiger partial charge < -0.3 is 14.9 Å². The highest BCUT2D eigenvalue weighted by atomic mass is 32.1. The summed E-state index contributed by atoms with van der Waals surface area (Å²) in [6.07, 6.45) is -3.11. The van der Waals surface area contributed by atoms with Gasteiger partial charge in [0, 0.05) is 12.3 Å².